The highest BCUT2D eigenvalue weighted by Gasteiger charge is 2.36. The molecule has 2 heteroatoms. The summed E-state index contributed by atoms with van der Waals surface area (Å²) in [7, 11) is 0. The molecule has 0 aromatic heterocycles. The van der Waals surface area contributed by atoms with Gasteiger partial charge >= 0.3 is 0 Å². The van der Waals surface area contributed by atoms with E-state index in [0.717, 1.165) is 13.0 Å². The molecule has 0 amide bonds. The number of aliphatic hydroxyl groups is 1. The number of nitrogens with zero attached hydrogens (tertiary/aromatic N) is 1. The van der Waals surface area contributed by atoms with Gasteiger partial charge in [-0.2, -0.15) is 0 Å². The third-order valence-corrected chi connectivity index (χ3v) is 3.61. The van der Waals surface area contributed by atoms with Crippen molar-refractivity contribution in [1.82, 2.24) is 4.90 Å². The molecule has 2 atom stereocenters. The molecular formula is C12H27NO. The Morgan fingerprint density at radius 2 is 1.71 bits per heavy atom. The monoisotopic (exact) mass is 201 g/mol. The molecule has 0 bridgehead atoms. The van der Waals surface area contributed by atoms with Crippen LogP contribution in [0.15, 0.2) is 0 Å². The lowest BCUT2D eigenvalue weighted by Crippen LogP contribution is -2.56. The van der Waals surface area contributed by atoms with Gasteiger partial charge in [-0.3, -0.25) is 4.90 Å². The van der Waals surface area contributed by atoms with Crippen molar-refractivity contribution in [3.8, 4) is 0 Å². The topological polar surface area (TPSA) is 23.5 Å². The van der Waals surface area contributed by atoms with Gasteiger partial charge in [0.25, 0.3) is 0 Å². The van der Waals surface area contributed by atoms with Crippen molar-refractivity contribution < 1.29 is 5.11 Å². The summed E-state index contributed by atoms with van der Waals surface area (Å²) >= 11 is 0. The van der Waals surface area contributed by atoms with Crippen LogP contribution in [0.2, 0.25) is 0 Å². The van der Waals surface area contributed by atoms with Gasteiger partial charge in [-0.05, 0) is 33.2 Å². The highest BCUT2D eigenvalue weighted by atomic mass is 16.3. The van der Waals surface area contributed by atoms with Crippen LogP contribution >= 0.6 is 0 Å². The van der Waals surface area contributed by atoms with Gasteiger partial charge in [0.15, 0.2) is 0 Å². The second kappa shape index (κ2) is 5.72. The maximum absolute atomic E-state index is 9.60. The fraction of sp³-hybridized carbons (Fsp3) is 1.00. The van der Waals surface area contributed by atoms with Gasteiger partial charge in [-0.15, -0.1) is 0 Å². The molecule has 0 aliphatic heterocycles. The van der Waals surface area contributed by atoms with Crippen molar-refractivity contribution in [3.05, 3.63) is 0 Å². The molecule has 14 heavy (non-hydrogen) atoms. The quantitative estimate of drug-likeness (QED) is 0.714. The zero-order valence-corrected chi connectivity index (χ0v) is 10.7. The Hall–Kier alpha value is -0.0800. The van der Waals surface area contributed by atoms with Crippen molar-refractivity contribution in [1.29, 1.82) is 0 Å². The van der Waals surface area contributed by atoms with E-state index in [1.165, 1.54) is 0 Å². The molecule has 0 fully saturated rings. The first-order valence-electron chi connectivity index (χ1n) is 5.81. The van der Waals surface area contributed by atoms with Crippen molar-refractivity contribution in [2.45, 2.75) is 59.5 Å². The van der Waals surface area contributed by atoms with Crippen LogP contribution < -0.4 is 0 Å². The van der Waals surface area contributed by atoms with Gasteiger partial charge in [0.1, 0.15) is 0 Å². The largest absolute Gasteiger partial charge is 0.394 e. The maximum atomic E-state index is 9.60. The summed E-state index contributed by atoms with van der Waals surface area (Å²) in [6.07, 6.45) is 1.11. The summed E-state index contributed by atoms with van der Waals surface area (Å²) in [5.74, 6) is 0.523. The van der Waals surface area contributed by atoms with E-state index in [-0.39, 0.29) is 12.1 Å². The molecule has 86 valence electrons. The van der Waals surface area contributed by atoms with Crippen LogP contribution in [-0.4, -0.2) is 34.7 Å². The highest BCUT2D eigenvalue weighted by Crippen LogP contribution is 2.28. The molecule has 0 heterocycles. The van der Waals surface area contributed by atoms with Crippen LogP contribution in [0, 0.1) is 5.92 Å². The highest BCUT2D eigenvalue weighted by molar-refractivity contribution is 4.91. The van der Waals surface area contributed by atoms with Gasteiger partial charge in [0.2, 0.25) is 0 Å². The minimum absolute atomic E-state index is 0.0718. The van der Waals surface area contributed by atoms with E-state index in [2.05, 4.69) is 46.4 Å². The summed E-state index contributed by atoms with van der Waals surface area (Å²) < 4.78 is 0. The minimum Gasteiger partial charge on any atom is -0.394 e. The molecule has 0 radical (unpaired) electrons. The molecule has 2 nitrogen and oxygen atoms in total. The second-order valence-corrected chi connectivity index (χ2v) is 4.70. The molecule has 0 aliphatic carbocycles. The SMILES string of the molecule is CCC(C)C(C)(CO)N(CC)C(C)C. The fourth-order valence-corrected chi connectivity index (χ4v) is 2.29. The number of likely N-dealkylation sites (N-methyl/N-ethyl adjacent to an activating group) is 1. The average Bonchev–Trinajstić information content (AvgIpc) is 2.16. The van der Waals surface area contributed by atoms with E-state index in [0.29, 0.717) is 12.0 Å². The average molecular weight is 201 g/mol. The summed E-state index contributed by atoms with van der Waals surface area (Å²) in [5.41, 5.74) is -0.0718. The molecule has 0 saturated heterocycles. The minimum atomic E-state index is -0.0718. The van der Waals surface area contributed by atoms with Crippen molar-refractivity contribution >= 4 is 0 Å². The van der Waals surface area contributed by atoms with Crippen molar-refractivity contribution in [3.63, 3.8) is 0 Å². The third kappa shape index (κ3) is 2.71. The van der Waals surface area contributed by atoms with Gasteiger partial charge in [0, 0.05) is 11.6 Å². The normalized spacial score (nSPS) is 18.6. The van der Waals surface area contributed by atoms with Crippen LogP contribution in [0.1, 0.15) is 48.0 Å². The van der Waals surface area contributed by atoms with E-state index < -0.39 is 0 Å². The summed E-state index contributed by atoms with van der Waals surface area (Å²) in [5, 5.41) is 9.60. The lowest BCUT2D eigenvalue weighted by atomic mass is 9.83. The van der Waals surface area contributed by atoms with Crippen LogP contribution in [0.25, 0.3) is 0 Å². The Morgan fingerprint density at radius 3 is 1.93 bits per heavy atom. The molecule has 1 N–H and O–H groups in total. The maximum Gasteiger partial charge on any atom is 0.0615 e. The molecule has 0 aromatic rings. The molecule has 0 rings (SSSR count). The van der Waals surface area contributed by atoms with Gasteiger partial charge in [0.05, 0.1) is 6.61 Å². The summed E-state index contributed by atoms with van der Waals surface area (Å²) in [6.45, 7) is 14.4. The Morgan fingerprint density at radius 1 is 1.21 bits per heavy atom. The standard InChI is InChI=1S/C12H27NO/c1-7-11(5)12(6,9-14)13(8-2)10(3)4/h10-11,14H,7-9H2,1-6H3. The predicted octanol–water partition coefficient (Wildman–Crippen LogP) is 2.51. The lowest BCUT2D eigenvalue weighted by molar-refractivity contribution is -0.0151. The summed E-state index contributed by atoms with van der Waals surface area (Å²) in [4.78, 5) is 2.39. The third-order valence-electron chi connectivity index (χ3n) is 3.61. The predicted molar refractivity (Wildman–Crippen MR) is 62.5 cm³/mol. The van der Waals surface area contributed by atoms with E-state index in [4.69, 9.17) is 0 Å². The van der Waals surface area contributed by atoms with Crippen LogP contribution in [0.3, 0.4) is 0 Å². The van der Waals surface area contributed by atoms with E-state index >= 15 is 0 Å². The van der Waals surface area contributed by atoms with Crippen molar-refractivity contribution in [2.24, 2.45) is 5.92 Å². The molecule has 2 unspecified atom stereocenters. The first kappa shape index (κ1) is 13.9. The second-order valence-electron chi connectivity index (χ2n) is 4.70. The van der Waals surface area contributed by atoms with Crippen LogP contribution in [-0.2, 0) is 0 Å². The number of aliphatic hydroxyl groups excluding tert-OH is 1. The van der Waals surface area contributed by atoms with Gasteiger partial charge < -0.3 is 5.11 Å². The molecule has 0 aromatic carbocycles. The van der Waals surface area contributed by atoms with Crippen LogP contribution in [0.5, 0.6) is 0 Å². The van der Waals surface area contributed by atoms with Crippen LogP contribution in [0.4, 0.5) is 0 Å². The van der Waals surface area contributed by atoms with E-state index in [9.17, 15) is 5.11 Å². The molecule has 0 spiro atoms. The zero-order valence-electron chi connectivity index (χ0n) is 10.7. The smallest absolute Gasteiger partial charge is 0.0615 e. The van der Waals surface area contributed by atoms with E-state index in [1.807, 2.05) is 0 Å². The van der Waals surface area contributed by atoms with Crippen molar-refractivity contribution in [2.75, 3.05) is 13.2 Å². The molecular weight excluding hydrogens is 174 g/mol. The Bertz CT molecular complexity index is 158. The Balaban J connectivity index is 4.79. The number of rotatable bonds is 6. The lowest BCUT2D eigenvalue weighted by Gasteiger charge is -2.46. The summed E-state index contributed by atoms with van der Waals surface area (Å²) in [6, 6.07) is 0.492. The van der Waals surface area contributed by atoms with Gasteiger partial charge in [-0.1, -0.05) is 27.2 Å². The first-order chi connectivity index (χ1) is 6.43. The zero-order chi connectivity index (χ0) is 11.4. The van der Waals surface area contributed by atoms with Gasteiger partial charge in [-0.25, -0.2) is 0 Å². The van der Waals surface area contributed by atoms with E-state index in [1.54, 1.807) is 0 Å². The number of hydrogen-bond acceptors (Lipinski definition) is 2. The molecule has 0 aliphatic rings. The number of hydrogen-bond donors (Lipinski definition) is 1. The first-order valence-corrected chi connectivity index (χ1v) is 5.81. The fourth-order valence-electron chi connectivity index (χ4n) is 2.29. The Labute approximate surface area is 89.3 Å². The molecule has 0 saturated carbocycles. The Kier molecular flexibility index (Phi) is 5.68.